The third-order valence-electron chi connectivity index (χ3n) is 2.01. The summed E-state index contributed by atoms with van der Waals surface area (Å²) in [5.41, 5.74) is 12.0. The molecule has 0 heterocycles. The van der Waals surface area contributed by atoms with Crippen LogP contribution < -0.4 is 16.2 Å². The van der Waals surface area contributed by atoms with Crippen molar-refractivity contribution in [2.45, 2.75) is 19.1 Å². The minimum absolute atomic E-state index is 0. The minimum atomic E-state index is -2.80. The van der Waals surface area contributed by atoms with Crippen LogP contribution in [0.1, 0.15) is 18.0 Å². The van der Waals surface area contributed by atoms with Crippen LogP contribution in [0, 0.1) is 0 Å². The van der Waals surface area contributed by atoms with Crippen LogP contribution in [-0.2, 0) is 0 Å². The standard InChI is InChI=1S/C10H14F2N2O.ClH/c11-10(12)15-8-3-1-7(2-4-8)9(14)5-6-13;/h1-4,9-10H,5-6,13-14H2;1H/t9-;/m1./s1. The number of hydrogen-bond donors (Lipinski definition) is 2. The predicted molar refractivity (Wildman–Crippen MR) is 60.9 cm³/mol. The zero-order valence-corrected chi connectivity index (χ0v) is 9.42. The second-order valence-electron chi connectivity index (χ2n) is 3.13. The van der Waals surface area contributed by atoms with Gasteiger partial charge in [-0.05, 0) is 30.7 Å². The van der Waals surface area contributed by atoms with Gasteiger partial charge in [0.15, 0.2) is 0 Å². The highest BCUT2D eigenvalue weighted by atomic mass is 35.5. The van der Waals surface area contributed by atoms with Gasteiger partial charge in [-0.1, -0.05) is 12.1 Å². The fraction of sp³-hybridized carbons (Fsp3) is 0.400. The first-order valence-corrected chi connectivity index (χ1v) is 4.64. The zero-order valence-electron chi connectivity index (χ0n) is 8.61. The molecule has 6 heteroatoms. The Bertz CT molecular complexity index is 295. The largest absolute Gasteiger partial charge is 0.435 e. The summed E-state index contributed by atoms with van der Waals surface area (Å²) in [6.45, 7) is -2.30. The number of rotatable bonds is 5. The highest BCUT2D eigenvalue weighted by Crippen LogP contribution is 2.19. The Hall–Kier alpha value is -0.910. The quantitative estimate of drug-likeness (QED) is 0.843. The number of hydrogen-bond acceptors (Lipinski definition) is 3. The molecule has 4 N–H and O–H groups in total. The molecule has 0 aliphatic carbocycles. The third-order valence-corrected chi connectivity index (χ3v) is 2.01. The van der Waals surface area contributed by atoms with Crippen molar-refractivity contribution in [3.63, 3.8) is 0 Å². The van der Waals surface area contributed by atoms with E-state index in [0.29, 0.717) is 13.0 Å². The van der Waals surface area contributed by atoms with Crippen LogP contribution in [0.3, 0.4) is 0 Å². The van der Waals surface area contributed by atoms with Crippen molar-refractivity contribution in [3.05, 3.63) is 29.8 Å². The van der Waals surface area contributed by atoms with Gasteiger partial charge < -0.3 is 16.2 Å². The van der Waals surface area contributed by atoms with Gasteiger partial charge in [0.25, 0.3) is 0 Å². The summed E-state index contributed by atoms with van der Waals surface area (Å²) in [5.74, 6) is 0.133. The Morgan fingerprint density at radius 2 is 1.75 bits per heavy atom. The third kappa shape index (κ3) is 4.74. The molecular weight excluding hydrogens is 238 g/mol. The second kappa shape index (κ2) is 7.38. The molecule has 1 rings (SSSR count). The summed E-state index contributed by atoms with van der Waals surface area (Å²) in [5, 5.41) is 0. The molecule has 1 aromatic rings. The van der Waals surface area contributed by atoms with Crippen molar-refractivity contribution in [2.24, 2.45) is 11.5 Å². The number of nitrogens with two attached hydrogens (primary N) is 2. The molecule has 0 aromatic heterocycles. The molecule has 0 spiro atoms. The molecule has 1 atom stereocenters. The van der Waals surface area contributed by atoms with Gasteiger partial charge >= 0.3 is 6.61 Å². The van der Waals surface area contributed by atoms with E-state index in [1.165, 1.54) is 12.1 Å². The van der Waals surface area contributed by atoms with Gasteiger partial charge in [0, 0.05) is 6.04 Å². The Balaban J connectivity index is 0.00000225. The van der Waals surface area contributed by atoms with Gasteiger partial charge in [-0.15, -0.1) is 12.4 Å². The molecule has 92 valence electrons. The first kappa shape index (κ1) is 15.1. The van der Waals surface area contributed by atoms with Crippen molar-refractivity contribution >= 4 is 12.4 Å². The lowest BCUT2D eigenvalue weighted by Gasteiger charge is -2.11. The highest BCUT2D eigenvalue weighted by molar-refractivity contribution is 5.85. The zero-order chi connectivity index (χ0) is 11.3. The van der Waals surface area contributed by atoms with E-state index in [2.05, 4.69) is 4.74 Å². The fourth-order valence-electron chi connectivity index (χ4n) is 1.24. The average Bonchev–Trinajstić information content (AvgIpc) is 2.18. The number of halogens is 3. The lowest BCUT2D eigenvalue weighted by Crippen LogP contribution is -2.15. The fourth-order valence-corrected chi connectivity index (χ4v) is 1.24. The van der Waals surface area contributed by atoms with Gasteiger partial charge in [-0.3, -0.25) is 0 Å². The van der Waals surface area contributed by atoms with Crippen molar-refractivity contribution in [2.75, 3.05) is 6.54 Å². The maximum atomic E-state index is 11.8. The molecule has 1 aromatic carbocycles. The van der Waals surface area contributed by atoms with Crippen molar-refractivity contribution in [1.82, 2.24) is 0 Å². The molecule has 16 heavy (non-hydrogen) atoms. The predicted octanol–water partition coefficient (Wildman–Crippen LogP) is 2.06. The second-order valence-corrected chi connectivity index (χ2v) is 3.13. The lowest BCUT2D eigenvalue weighted by atomic mass is 10.1. The van der Waals surface area contributed by atoms with Gasteiger partial charge in [0.1, 0.15) is 5.75 Å². The molecule has 0 aliphatic heterocycles. The van der Waals surface area contributed by atoms with Crippen LogP contribution >= 0.6 is 12.4 Å². The first-order valence-electron chi connectivity index (χ1n) is 4.64. The summed E-state index contributed by atoms with van der Waals surface area (Å²) in [6.07, 6.45) is 0.662. The summed E-state index contributed by atoms with van der Waals surface area (Å²) in [4.78, 5) is 0. The molecular formula is C10H15ClF2N2O. The van der Waals surface area contributed by atoms with Crippen molar-refractivity contribution in [1.29, 1.82) is 0 Å². The van der Waals surface area contributed by atoms with Crippen LogP contribution in [0.4, 0.5) is 8.78 Å². The minimum Gasteiger partial charge on any atom is -0.435 e. The van der Waals surface area contributed by atoms with Crippen molar-refractivity contribution in [3.8, 4) is 5.75 Å². The van der Waals surface area contributed by atoms with Gasteiger partial charge in [0.2, 0.25) is 0 Å². The molecule has 0 aliphatic rings. The topological polar surface area (TPSA) is 61.3 Å². The molecule has 0 radical (unpaired) electrons. The Morgan fingerprint density at radius 1 is 1.19 bits per heavy atom. The van der Waals surface area contributed by atoms with E-state index < -0.39 is 6.61 Å². The van der Waals surface area contributed by atoms with Gasteiger partial charge in [-0.2, -0.15) is 8.78 Å². The van der Waals surface area contributed by atoms with E-state index in [4.69, 9.17) is 11.5 Å². The van der Waals surface area contributed by atoms with Gasteiger partial charge in [-0.25, -0.2) is 0 Å². The first-order chi connectivity index (χ1) is 7.13. The molecule has 0 unspecified atom stereocenters. The van der Waals surface area contributed by atoms with Gasteiger partial charge in [0.05, 0.1) is 0 Å². The summed E-state index contributed by atoms with van der Waals surface area (Å²) in [7, 11) is 0. The summed E-state index contributed by atoms with van der Waals surface area (Å²) >= 11 is 0. The van der Waals surface area contributed by atoms with Crippen LogP contribution in [0.5, 0.6) is 5.75 Å². The summed E-state index contributed by atoms with van der Waals surface area (Å²) in [6, 6.07) is 6.11. The number of ether oxygens (including phenoxy) is 1. The van der Waals surface area contributed by atoms with E-state index >= 15 is 0 Å². The molecule has 0 saturated heterocycles. The maximum absolute atomic E-state index is 11.8. The number of benzene rings is 1. The Kier molecular flexibility index (Phi) is 6.96. The van der Waals surface area contributed by atoms with E-state index in [-0.39, 0.29) is 24.2 Å². The molecule has 0 bridgehead atoms. The maximum Gasteiger partial charge on any atom is 0.387 e. The van der Waals surface area contributed by atoms with E-state index in [1.54, 1.807) is 12.1 Å². The molecule has 0 fully saturated rings. The van der Waals surface area contributed by atoms with Crippen LogP contribution in [0.15, 0.2) is 24.3 Å². The van der Waals surface area contributed by atoms with Crippen LogP contribution in [0.25, 0.3) is 0 Å². The normalized spacial score (nSPS) is 12.1. The van der Waals surface area contributed by atoms with Crippen LogP contribution in [0.2, 0.25) is 0 Å². The molecule has 3 nitrogen and oxygen atoms in total. The monoisotopic (exact) mass is 252 g/mol. The molecule has 0 amide bonds. The lowest BCUT2D eigenvalue weighted by molar-refractivity contribution is -0.0498. The molecule has 0 saturated carbocycles. The van der Waals surface area contributed by atoms with E-state index in [0.717, 1.165) is 5.56 Å². The summed E-state index contributed by atoms with van der Waals surface area (Å²) < 4.78 is 27.9. The van der Waals surface area contributed by atoms with E-state index in [9.17, 15) is 8.78 Å². The number of alkyl halides is 2. The van der Waals surface area contributed by atoms with E-state index in [1.807, 2.05) is 0 Å². The average molecular weight is 253 g/mol. The Morgan fingerprint density at radius 3 is 2.19 bits per heavy atom. The SMILES string of the molecule is Cl.NCC[C@@H](N)c1ccc(OC(F)F)cc1. The Labute approximate surface area is 99.2 Å². The van der Waals surface area contributed by atoms with Crippen LogP contribution in [-0.4, -0.2) is 13.2 Å². The smallest absolute Gasteiger partial charge is 0.387 e. The highest BCUT2D eigenvalue weighted by Gasteiger charge is 2.07. The van der Waals surface area contributed by atoms with Crippen molar-refractivity contribution < 1.29 is 13.5 Å².